The fourth-order valence-electron chi connectivity index (χ4n) is 1.65. The highest BCUT2D eigenvalue weighted by Crippen LogP contribution is 2.35. The average molecular weight is 358 g/mol. The molecule has 0 amide bonds. The number of rotatable bonds is 4. The Hall–Kier alpha value is -1.82. The molecule has 0 bridgehead atoms. The van der Waals surface area contributed by atoms with Crippen molar-refractivity contribution >= 4 is 21.6 Å². The maximum atomic E-state index is 13.7. The zero-order valence-electron chi connectivity index (χ0n) is 11.5. The van der Waals surface area contributed by atoms with Crippen LogP contribution in [0.15, 0.2) is 34.8 Å². The summed E-state index contributed by atoms with van der Waals surface area (Å²) in [7, 11) is 0. The van der Waals surface area contributed by atoms with Crippen LogP contribution in [0.5, 0.6) is 17.2 Å². The zero-order valence-corrected chi connectivity index (χ0v) is 13.1. The van der Waals surface area contributed by atoms with Gasteiger partial charge in [0, 0.05) is 12.1 Å². The van der Waals surface area contributed by atoms with E-state index in [2.05, 4.69) is 15.9 Å². The van der Waals surface area contributed by atoms with Crippen molar-refractivity contribution in [1.82, 2.24) is 0 Å². The monoisotopic (exact) mass is 357 g/mol. The third-order valence-electron chi connectivity index (χ3n) is 2.55. The summed E-state index contributed by atoms with van der Waals surface area (Å²) in [6.07, 6.45) is -0.184. The molecular weight excluding hydrogens is 344 g/mol. The van der Waals surface area contributed by atoms with Gasteiger partial charge >= 0.3 is 0 Å². The summed E-state index contributed by atoms with van der Waals surface area (Å²) in [5, 5.41) is 0. The SMILES string of the molecule is CC(C)Oc1cc(Oc2ccc(F)c(Br)c2)c(N)cc1F. The number of nitrogens with two attached hydrogens (primary N) is 1. The van der Waals surface area contributed by atoms with E-state index in [1.54, 1.807) is 13.8 Å². The van der Waals surface area contributed by atoms with Gasteiger partial charge in [0.1, 0.15) is 11.6 Å². The number of hydrogen-bond acceptors (Lipinski definition) is 3. The summed E-state index contributed by atoms with van der Waals surface area (Å²) in [5.41, 5.74) is 5.86. The molecule has 0 saturated carbocycles. The summed E-state index contributed by atoms with van der Waals surface area (Å²) in [4.78, 5) is 0. The van der Waals surface area contributed by atoms with Crippen LogP contribution in [0.3, 0.4) is 0 Å². The molecule has 0 radical (unpaired) electrons. The standard InChI is InChI=1S/C15H14BrF2NO2/c1-8(2)20-14-7-15(13(19)6-12(14)18)21-9-3-4-11(17)10(16)5-9/h3-8H,19H2,1-2H3. The van der Waals surface area contributed by atoms with E-state index >= 15 is 0 Å². The van der Waals surface area contributed by atoms with Gasteiger partial charge in [-0.1, -0.05) is 0 Å². The Morgan fingerprint density at radius 3 is 2.38 bits per heavy atom. The van der Waals surface area contributed by atoms with Crippen molar-refractivity contribution in [2.75, 3.05) is 5.73 Å². The number of halogens is 3. The van der Waals surface area contributed by atoms with Gasteiger partial charge in [-0.05, 0) is 48.0 Å². The quantitative estimate of drug-likeness (QED) is 0.792. The first-order valence-corrected chi connectivity index (χ1v) is 7.04. The van der Waals surface area contributed by atoms with Crippen LogP contribution in [0.2, 0.25) is 0 Å². The van der Waals surface area contributed by atoms with Gasteiger partial charge in [0.15, 0.2) is 17.3 Å². The van der Waals surface area contributed by atoms with Crippen LogP contribution in [-0.4, -0.2) is 6.10 Å². The summed E-state index contributed by atoms with van der Waals surface area (Å²) < 4.78 is 38.1. The second-order valence-corrected chi connectivity index (χ2v) is 5.52. The second-order valence-electron chi connectivity index (χ2n) is 4.67. The van der Waals surface area contributed by atoms with Gasteiger partial charge in [0.2, 0.25) is 0 Å². The molecule has 21 heavy (non-hydrogen) atoms. The molecule has 0 aromatic heterocycles. The molecule has 0 aliphatic carbocycles. The third-order valence-corrected chi connectivity index (χ3v) is 3.15. The molecule has 0 atom stereocenters. The molecule has 0 heterocycles. The summed E-state index contributed by atoms with van der Waals surface area (Å²) in [6, 6.07) is 6.67. The van der Waals surface area contributed by atoms with E-state index in [4.69, 9.17) is 15.2 Å². The van der Waals surface area contributed by atoms with E-state index in [-0.39, 0.29) is 27.8 Å². The van der Waals surface area contributed by atoms with Crippen LogP contribution < -0.4 is 15.2 Å². The van der Waals surface area contributed by atoms with Crippen molar-refractivity contribution < 1.29 is 18.3 Å². The lowest BCUT2D eigenvalue weighted by molar-refractivity contribution is 0.230. The summed E-state index contributed by atoms with van der Waals surface area (Å²) in [5.74, 6) is -0.301. The van der Waals surface area contributed by atoms with Crippen LogP contribution in [0.25, 0.3) is 0 Å². The smallest absolute Gasteiger partial charge is 0.167 e. The Labute approximate surface area is 129 Å². The van der Waals surface area contributed by atoms with Crippen LogP contribution >= 0.6 is 15.9 Å². The number of ether oxygens (including phenoxy) is 2. The van der Waals surface area contributed by atoms with Gasteiger partial charge in [-0.3, -0.25) is 0 Å². The van der Waals surface area contributed by atoms with Crippen LogP contribution in [0.4, 0.5) is 14.5 Å². The minimum atomic E-state index is -0.561. The fourth-order valence-corrected chi connectivity index (χ4v) is 2.01. The highest BCUT2D eigenvalue weighted by atomic mass is 79.9. The van der Waals surface area contributed by atoms with E-state index in [9.17, 15) is 8.78 Å². The molecule has 0 fully saturated rings. The van der Waals surface area contributed by atoms with E-state index < -0.39 is 11.6 Å². The molecule has 0 unspecified atom stereocenters. The summed E-state index contributed by atoms with van der Waals surface area (Å²) >= 11 is 3.07. The van der Waals surface area contributed by atoms with Crippen molar-refractivity contribution in [3.05, 3.63) is 46.4 Å². The second kappa shape index (κ2) is 6.30. The lowest BCUT2D eigenvalue weighted by atomic mass is 10.2. The predicted octanol–water partition coefficient (Wildman–Crippen LogP) is 4.89. The van der Waals surface area contributed by atoms with Crippen molar-refractivity contribution in [3.8, 4) is 17.2 Å². The predicted molar refractivity (Wildman–Crippen MR) is 80.8 cm³/mol. The van der Waals surface area contributed by atoms with E-state index in [0.29, 0.717) is 5.75 Å². The lowest BCUT2D eigenvalue weighted by Gasteiger charge is -2.14. The molecule has 2 rings (SSSR count). The van der Waals surface area contributed by atoms with Crippen LogP contribution in [0.1, 0.15) is 13.8 Å². The Bertz CT molecular complexity index is 662. The first-order valence-electron chi connectivity index (χ1n) is 6.25. The molecular formula is C15H14BrF2NO2. The van der Waals surface area contributed by atoms with E-state index in [0.717, 1.165) is 6.07 Å². The molecule has 0 saturated heterocycles. The normalized spacial score (nSPS) is 10.8. The molecule has 112 valence electrons. The van der Waals surface area contributed by atoms with E-state index in [1.165, 1.54) is 24.3 Å². The molecule has 0 aliphatic rings. The maximum absolute atomic E-state index is 13.7. The van der Waals surface area contributed by atoms with Gasteiger partial charge in [-0.25, -0.2) is 8.78 Å². The van der Waals surface area contributed by atoms with E-state index in [1.807, 2.05) is 0 Å². The number of benzene rings is 2. The summed E-state index contributed by atoms with van der Waals surface area (Å²) in [6.45, 7) is 3.57. The molecule has 6 heteroatoms. The van der Waals surface area contributed by atoms with Gasteiger partial charge < -0.3 is 15.2 Å². The average Bonchev–Trinajstić information content (AvgIpc) is 2.39. The molecule has 2 aromatic carbocycles. The first-order chi connectivity index (χ1) is 9.86. The maximum Gasteiger partial charge on any atom is 0.167 e. The fraction of sp³-hybridized carbons (Fsp3) is 0.200. The zero-order chi connectivity index (χ0) is 15.6. The van der Waals surface area contributed by atoms with Gasteiger partial charge in [-0.15, -0.1) is 0 Å². The minimum absolute atomic E-state index is 0.0513. The Balaban J connectivity index is 2.32. The van der Waals surface area contributed by atoms with Crippen LogP contribution in [-0.2, 0) is 0 Å². The molecule has 2 aromatic rings. The highest BCUT2D eigenvalue weighted by molar-refractivity contribution is 9.10. The topological polar surface area (TPSA) is 44.5 Å². The first kappa shape index (κ1) is 15.6. The Kier molecular flexibility index (Phi) is 4.67. The minimum Gasteiger partial charge on any atom is -0.488 e. The Morgan fingerprint density at radius 1 is 1.05 bits per heavy atom. The van der Waals surface area contributed by atoms with Crippen LogP contribution in [0, 0.1) is 11.6 Å². The molecule has 2 N–H and O–H groups in total. The highest BCUT2D eigenvalue weighted by Gasteiger charge is 2.13. The van der Waals surface area contributed by atoms with Gasteiger partial charge in [-0.2, -0.15) is 0 Å². The molecule has 0 spiro atoms. The number of anilines is 1. The largest absolute Gasteiger partial charge is 0.488 e. The van der Waals surface area contributed by atoms with Crippen molar-refractivity contribution in [2.24, 2.45) is 0 Å². The lowest BCUT2D eigenvalue weighted by Crippen LogP contribution is -2.07. The third kappa shape index (κ3) is 3.85. The Morgan fingerprint density at radius 2 is 1.76 bits per heavy atom. The molecule has 0 aliphatic heterocycles. The van der Waals surface area contributed by atoms with Gasteiger partial charge in [0.25, 0.3) is 0 Å². The number of hydrogen-bond donors (Lipinski definition) is 1. The van der Waals surface area contributed by atoms with Crippen molar-refractivity contribution in [1.29, 1.82) is 0 Å². The molecule has 3 nitrogen and oxygen atoms in total. The number of nitrogen functional groups attached to an aromatic ring is 1. The van der Waals surface area contributed by atoms with Crippen molar-refractivity contribution in [3.63, 3.8) is 0 Å². The van der Waals surface area contributed by atoms with Gasteiger partial charge in [0.05, 0.1) is 16.3 Å². The van der Waals surface area contributed by atoms with Crippen molar-refractivity contribution in [2.45, 2.75) is 20.0 Å².